The zero-order valence-electron chi connectivity index (χ0n) is 13.0. The summed E-state index contributed by atoms with van der Waals surface area (Å²) >= 11 is 0. The van der Waals surface area contributed by atoms with E-state index in [9.17, 15) is 9.59 Å². The number of methoxy groups -OCH3 is 2. The van der Waals surface area contributed by atoms with Crippen molar-refractivity contribution in [3.05, 3.63) is 0 Å². The summed E-state index contributed by atoms with van der Waals surface area (Å²) < 4.78 is 15.7. The summed E-state index contributed by atoms with van der Waals surface area (Å²) in [6.45, 7) is 0. The van der Waals surface area contributed by atoms with E-state index in [-0.39, 0.29) is 36.0 Å². The molecule has 0 aromatic heterocycles. The predicted octanol–water partition coefficient (Wildman–Crippen LogP) is 2.47. The Balaban J connectivity index is 1.74. The molecule has 2 rings (SSSR count). The fourth-order valence-corrected chi connectivity index (χ4v) is 3.33. The maximum atomic E-state index is 12.1. The molecule has 0 saturated heterocycles. The van der Waals surface area contributed by atoms with Gasteiger partial charge in [-0.15, -0.1) is 0 Å². The number of esters is 2. The third-order valence-electron chi connectivity index (χ3n) is 4.88. The molecule has 2 aliphatic rings. The van der Waals surface area contributed by atoms with E-state index in [2.05, 4.69) is 0 Å². The van der Waals surface area contributed by atoms with E-state index in [0.717, 1.165) is 51.4 Å². The van der Waals surface area contributed by atoms with E-state index in [0.29, 0.717) is 0 Å². The van der Waals surface area contributed by atoms with E-state index >= 15 is 0 Å². The molecule has 120 valence electrons. The Morgan fingerprint density at radius 2 is 1.00 bits per heavy atom. The second kappa shape index (κ2) is 7.90. The minimum Gasteiger partial charge on any atom is -0.393 e. The first-order chi connectivity index (χ1) is 10.1. The van der Waals surface area contributed by atoms with Crippen molar-refractivity contribution in [1.29, 1.82) is 0 Å². The highest BCUT2D eigenvalue weighted by atomic mass is 16.6. The summed E-state index contributed by atoms with van der Waals surface area (Å²) in [4.78, 5) is 24.1. The number of hydrogen-bond donors (Lipinski definition) is 0. The van der Waals surface area contributed by atoms with Gasteiger partial charge in [-0.2, -0.15) is 0 Å². The van der Waals surface area contributed by atoms with Crippen molar-refractivity contribution in [1.82, 2.24) is 0 Å². The first kappa shape index (κ1) is 16.4. The van der Waals surface area contributed by atoms with E-state index < -0.39 is 0 Å². The van der Waals surface area contributed by atoms with Gasteiger partial charge in [-0.1, -0.05) is 0 Å². The van der Waals surface area contributed by atoms with Gasteiger partial charge in [-0.3, -0.25) is 9.59 Å². The second-order valence-electron chi connectivity index (χ2n) is 6.16. The quantitative estimate of drug-likeness (QED) is 0.589. The molecule has 0 N–H and O–H groups in total. The second-order valence-corrected chi connectivity index (χ2v) is 6.16. The van der Waals surface area contributed by atoms with Crippen LogP contribution in [0.15, 0.2) is 0 Å². The van der Waals surface area contributed by atoms with Gasteiger partial charge in [0.25, 0.3) is 0 Å². The van der Waals surface area contributed by atoms with Crippen molar-refractivity contribution in [2.45, 2.75) is 63.6 Å². The molecule has 0 amide bonds. The molecule has 0 heterocycles. The Bertz CT molecular complexity index is 318. The molecule has 0 aromatic carbocycles. The van der Waals surface area contributed by atoms with Gasteiger partial charge in [-0.05, 0) is 51.4 Å². The highest BCUT2D eigenvalue weighted by Gasteiger charge is 2.32. The molecule has 0 aromatic rings. The number of hydrogen-bond acceptors (Lipinski definition) is 5. The Kier molecular flexibility index (Phi) is 6.18. The standard InChI is InChI=1S/C16H26O5/c1-19-13-7-3-11(4-8-13)15(17)21-16(18)12-5-9-14(20-2)10-6-12/h11-14H,3-10H2,1-2H3. The molecule has 0 aliphatic heterocycles. The lowest BCUT2D eigenvalue weighted by Gasteiger charge is -2.28. The van der Waals surface area contributed by atoms with Crippen LogP contribution in [-0.4, -0.2) is 38.4 Å². The summed E-state index contributed by atoms with van der Waals surface area (Å²) in [6, 6.07) is 0. The molecular formula is C16H26O5. The van der Waals surface area contributed by atoms with Crippen LogP contribution < -0.4 is 0 Å². The third-order valence-corrected chi connectivity index (χ3v) is 4.88. The maximum absolute atomic E-state index is 12.1. The Labute approximate surface area is 126 Å². The summed E-state index contributed by atoms with van der Waals surface area (Å²) in [7, 11) is 3.40. The largest absolute Gasteiger partial charge is 0.393 e. The molecule has 0 spiro atoms. The first-order valence-corrected chi connectivity index (χ1v) is 7.95. The van der Waals surface area contributed by atoms with Gasteiger partial charge in [-0.25, -0.2) is 0 Å². The van der Waals surface area contributed by atoms with Gasteiger partial charge in [0.2, 0.25) is 0 Å². The van der Waals surface area contributed by atoms with E-state index in [1.807, 2.05) is 0 Å². The van der Waals surface area contributed by atoms with Crippen molar-refractivity contribution in [3.8, 4) is 0 Å². The number of ether oxygens (including phenoxy) is 3. The van der Waals surface area contributed by atoms with Crippen LogP contribution in [0.5, 0.6) is 0 Å². The van der Waals surface area contributed by atoms with E-state index in [1.54, 1.807) is 14.2 Å². The normalized spacial score (nSPS) is 33.4. The average molecular weight is 298 g/mol. The molecule has 2 aliphatic carbocycles. The lowest BCUT2D eigenvalue weighted by Crippen LogP contribution is -2.32. The SMILES string of the molecule is COC1CCC(C(=O)OC(=O)C2CCC(OC)CC2)CC1. The predicted molar refractivity (Wildman–Crippen MR) is 76.6 cm³/mol. The molecule has 0 radical (unpaired) electrons. The van der Waals surface area contributed by atoms with Crippen molar-refractivity contribution in [3.63, 3.8) is 0 Å². The topological polar surface area (TPSA) is 61.8 Å². The molecule has 0 unspecified atom stereocenters. The maximum Gasteiger partial charge on any atom is 0.316 e. The number of rotatable bonds is 4. The van der Waals surface area contributed by atoms with Crippen LogP contribution in [0.3, 0.4) is 0 Å². The Hall–Kier alpha value is -0.940. The van der Waals surface area contributed by atoms with E-state index in [4.69, 9.17) is 14.2 Å². The van der Waals surface area contributed by atoms with Crippen LogP contribution in [0, 0.1) is 11.8 Å². The lowest BCUT2D eigenvalue weighted by atomic mass is 9.86. The van der Waals surface area contributed by atoms with Crippen LogP contribution >= 0.6 is 0 Å². The van der Waals surface area contributed by atoms with E-state index in [1.165, 1.54) is 0 Å². The molecular weight excluding hydrogens is 272 g/mol. The van der Waals surface area contributed by atoms with Crippen LogP contribution in [0.1, 0.15) is 51.4 Å². The van der Waals surface area contributed by atoms with Gasteiger partial charge in [0, 0.05) is 14.2 Å². The highest BCUT2D eigenvalue weighted by Crippen LogP contribution is 2.29. The Morgan fingerprint density at radius 3 is 1.29 bits per heavy atom. The van der Waals surface area contributed by atoms with Crippen molar-refractivity contribution in [2.75, 3.05) is 14.2 Å². The van der Waals surface area contributed by atoms with Crippen molar-refractivity contribution < 1.29 is 23.8 Å². The van der Waals surface area contributed by atoms with Gasteiger partial charge in [0.05, 0.1) is 24.0 Å². The van der Waals surface area contributed by atoms with Crippen LogP contribution in [0.4, 0.5) is 0 Å². The van der Waals surface area contributed by atoms with Gasteiger partial charge < -0.3 is 14.2 Å². The van der Waals surface area contributed by atoms with Gasteiger partial charge in [0.15, 0.2) is 0 Å². The van der Waals surface area contributed by atoms with Crippen LogP contribution in [-0.2, 0) is 23.8 Å². The Morgan fingerprint density at radius 1 is 0.667 bits per heavy atom. The summed E-state index contributed by atoms with van der Waals surface area (Å²) in [6.07, 6.45) is 6.95. The summed E-state index contributed by atoms with van der Waals surface area (Å²) in [5, 5.41) is 0. The molecule has 5 nitrogen and oxygen atoms in total. The third kappa shape index (κ3) is 4.51. The average Bonchev–Trinajstić information content (AvgIpc) is 2.55. The van der Waals surface area contributed by atoms with Crippen molar-refractivity contribution >= 4 is 11.9 Å². The minimum absolute atomic E-state index is 0.143. The molecule has 5 heteroatoms. The monoisotopic (exact) mass is 298 g/mol. The number of carbonyl (C=O) groups excluding carboxylic acids is 2. The smallest absolute Gasteiger partial charge is 0.316 e. The zero-order valence-corrected chi connectivity index (χ0v) is 13.0. The zero-order chi connectivity index (χ0) is 15.2. The molecule has 0 atom stereocenters. The van der Waals surface area contributed by atoms with Crippen LogP contribution in [0.25, 0.3) is 0 Å². The van der Waals surface area contributed by atoms with Crippen LogP contribution in [0.2, 0.25) is 0 Å². The summed E-state index contributed by atoms with van der Waals surface area (Å²) in [5.74, 6) is -0.974. The molecule has 0 bridgehead atoms. The number of carbonyl (C=O) groups is 2. The fourth-order valence-electron chi connectivity index (χ4n) is 3.33. The lowest BCUT2D eigenvalue weighted by molar-refractivity contribution is -0.167. The highest BCUT2D eigenvalue weighted by molar-refractivity contribution is 5.88. The van der Waals surface area contributed by atoms with Gasteiger partial charge in [0.1, 0.15) is 0 Å². The molecule has 21 heavy (non-hydrogen) atoms. The molecule has 2 fully saturated rings. The first-order valence-electron chi connectivity index (χ1n) is 7.95. The van der Waals surface area contributed by atoms with Crippen molar-refractivity contribution in [2.24, 2.45) is 11.8 Å². The summed E-state index contributed by atoms with van der Waals surface area (Å²) in [5.41, 5.74) is 0. The molecule has 2 saturated carbocycles. The van der Waals surface area contributed by atoms with Gasteiger partial charge >= 0.3 is 11.9 Å². The minimum atomic E-state index is -0.344. The fraction of sp³-hybridized carbons (Fsp3) is 0.875.